The topological polar surface area (TPSA) is 57.6 Å². The zero-order chi connectivity index (χ0) is 16.2. The van der Waals surface area contributed by atoms with Gasteiger partial charge in [0, 0.05) is 18.7 Å². The summed E-state index contributed by atoms with van der Waals surface area (Å²) in [6.45, 7) is 0.318. The molecule has 1 rings (SSSR count). The second kappa shape index (κ2) is 6.43. The van der Waals surface area contributed by atoms with Crippen LogP contribution in [-0.2, 0) is 4.79 Å². The Balaban J connectivity index is 3.02. The fourth-order valence-electron chi connectivity index (χ4n) is 1.76. The Morgan fingerprint density at radius 2 is 1.90 bits per heavy atom. The number of aliphatic carboxylic acids is 1. The molecule has 0 saturated heterocycles. The number of amides is 1. The van der Waals surface area contributed by atoms with Crippen LogP contribution in [0, 0.1) is 6.92 Å². The van der Waals surface area contributed by atoms with Gasteiger partial charge in [0.05, 0.1) is 0 Å². The Bertz CT molecular complexity index is 579. The van der Waals surface area contributed by atoms with Crippen molar-refractivity contribution in [2.45, 2.75) is 13.1 Å². The first-order chi connectivity index (χ1) is 9.58. The smallest absolute Gasteiger partial charge is 0.406 e. The van der Waals surface area contributed by atoms with Crippen LogP contribution in [0.15, 0.2) is 24.3 Å². The normalized spacial score (nSPS) is 11.7. The monoisotopic (exact) mass is 301 g/mol. The van der Waals surface area contributed by atoms with Crippen LogP contribution in [0.2, 0.25) is 0 Å². The molecule has 0 aliphatic carbocycles. The summed E-state index contributed by atoms with van der Waals surface area (Å²) in [5.41, 5.74) is 1.15. The molecule has 0 spiro atoms. The van der Waals surface area contributed by atoms with Crippen LogP contribution in [0.25, 0.3) is 6.08 Å². The molecule has 1 N–H and O–H groups in total. The van der Waals surface area contributed by atoms with Gasteiger partial charge in [-0.3, -0.25) is 4.79 Å². The highest BCUT2D eigenvalue weighted by molar-refractivity contribution is 5.95. The number of benzene rings is 1. The van der Waals surface area contributed by atoms with E-state index in [1.165, 1.54) is 18.2 Å². The molecule has 1 aromatic carbocycles. The lowest BCUT2D eigenvalue weighted by Crippen LogP contribution is -2.35. The van der Waals surface area contributed by atoms with Gasteiger partial charge in [0.15, 0.2) is 0 Å². The first-order valence-electron chi connectivity index (χ1n) is 5.93. The van der Waals surface area contributed by atoms with E-state index < -0.39 is 24.6 Å². The zero-order valence-electron chi connectivity index (χ0n) is 11.4. The third kappa shape index (κ3) is 5.68. The van der Waals surface area contributed by atoms with Crippen molar-refractivity contribution >= 4 is 18.0 Å². The van der Waals surface area contributed by atoms with E-state index in [0.717, 1.165) is 13.1 Å². The summed E-state index contributed by atoms with van der Waals surface area (Å²) in [5, 5.41) is 8.55. The zero-order valence-corrected chi connectivity index (χ0v) is 11.4. The van der Waals surface area contributed by atoms with E-state index in [1.807, 2.05) is 0 Å². The van der Waals surface area contributed by atoms with Crippen LogP contribution in [-0.4, -0.2) is 41.7 Å². The third-order valence-corrected chi connectivity index (χ3v) is 2.53. The second-order valence-corrected chi connectivity index (χ2v) is 4.58. The lowest BCUT2D eigenvalue weighted by molar-refractivity contribution is -0.138. The van der Waals surface area contributed by atoms with Gasteiger partial charge in [-0.15, -0.1) is 0 Å². The molecule has 21 heavy (non-hydrogen) atoms. The summed E-state index contributed by atoms with van der Waals surface area (Å²) in [7, 11) is 1.06. The SMILES string of the molecule is Cc1cc(/C=C/C(=O)O)cc(C(=O)N(C)CC(F)(F)F)c1. The molecule has 0 saturated carbocycles. The Hall–Kier alpha value is -2.31. The van der Waals surface area contributed by atoms with Crippen LogP contribution in [0.3, 0.4) is 0 Å². The van der Waals surface area contributed by atoms with Crippen LogP contribution in [0.5, 0.6) is 0 Å². The van der Waals surface area contributed by atoms with E-state index in [9.17, 15) is 22.8 Å². The number of carboxylic acid groups (broad SMARTS) is 1. The van der Waals surface area contributed by atoms with E-state index in [2.05, 4.69) is 0 Å². The summed E-state index contributed by atoms with van der Waals surface area (Å²) in [4.78, 5) is 23.0. The molecule has 7 heteroatoms. The van der Waals surface area contributed by atoms with Crippen molar-refractivity contribution in [1.29, 1.82) is 0 Å². The number of hydrogen-bond acceptors (Lipinski definition) is 2. The van der Waals surface area contributed by atoms with E-state index in [0.29, 0.717) is 16.0 Å². The summed E-state index contributed by atoms with van der Waals surface area (Å²) < 4.78 is 36.8. The van der Waals surface area contributed by atoms with Crippen molar-refractivity contribution in [2.24, 2.45) is 0 Å². The van der Waals surface area contributed by atoms with Crippen molar-refractivity contribution in [2.75, 3.05) is 13.6 Å². The number of carbonyl (C=O) groups excluding carboxylic acids is 1. The Morgan fingerprint density at radius 1 is 1.29 bits per heavy atom. The van der Waals surface area contributed by atoms with Crippen molar-refractivity contribution in [3.05, 3.63) is 41.0 Å². The van der Waals surface area contributed by atoms with Gasteiger partial charge in [-0.1, -0.05) is 6.07 Å². The van der Waals surface area contributed by atoms with Gasteiger partial charge in [-0.2, -0.15) is 13.2 Å². The van der Waals surface area contributed by atoms with Crippen molar-refractivity contribution in [1.82, 2.24) is 4.90 Å². The highest BCUT2D eigenvalue weighted by Gasteiger charge is 2.31. The minimum absolute atomic E-state index is 0.0757. The number of hydrogen-bond donors (Lipinski definition) is 1. The van der Waals surface area contributed by atoms with E-state index in [1.54, 1.807) is 13.0 Å². The van der Waals surface area contributed by atoms with Crippen LogP contribution >= 0.6 is 0 Å². The molecular formula is C14H14F3NO3. The number of alkyl halides is 3. The Kier molecular flexibility index (Phi) is 5.12. The molecule has 0 aliphatic heterocycles. The molecule has 1 aromatic rings. The lowest BCUT2D eigenvalue weighted by atomic mass is 10.1. The van der Waals surface area contributed by atoms with Crippen LogP contribution < -0.4 is 0 Å². The number of aryl methyl sites for hydroxylation is 1. The maximum Gasteiger partial charge on any atom is 0.406 e. The number of carbonyl (C=O) groups is 2. The average molecular weight is 301 g/mol. The quantitative estimate of drug-likeness (QED) is 0.870. The van der Waals surface area contributed by atoms with E-state index >= 15 is 0 Å². The minimum Gasteiger partial charge on any atom is -0.478 e. The van der Waals surface area contributed by atoms with Crippen LogP contribution in [0.4, 0.5) is 13.2 Å². The highest BCUT2D eigenvalue weighted by Crippen LogP contribution is 2.18. The predicted molar refractivity (Wildman–Crippen MR) is 70.9 cm³/mol. The van der Waals surface area contributed by atoms with Gasteiger partial charge in [0.2, 0.25) is 0 Å². The van der Waals surface area contributed by atoms with Crippen molar-refractivity contribution in [3.63, 3.8) is 0 Å². The minimum atomic E-state index is -4.47. The largest absolute Gasteiger partial charge is 0.478 e. The molecule has 114 valence electrons. The van der Waals surface area contributed by atoms with Gasteiger partial charge in [-0.25, -0.2) is 4.79 Å². The molecule has 0 bridgehead atoms. The van der Waals surface area contributed by atoms with Gasteiger partial charge >= 0.3 is 12.1 Å². The molecule has 0 atom stereocenters. The molecule has 1 amide bonds. The van der Waals surface area contributed by atoms with Crippen molar-refractivity contribution in [3.8, 4) is 0 Å². The molecule has 0 unspecified atom stereocenters. The van der Waals surface area contributed by atoms with Crippen molar-refractivity contribution < 1.29 is 27.9 Å². The lowest BCUT2D eigenvalue weighted by Gasteiger charge is -2.19. The maximum atomic E-state index is 12.3. The summed E-state index contributed by atoms with van der Waals surface area (Å²) in [6, 6.07) is 4.43. The Morgan fingerprint density at radius 3 is 2.43 bits per heavy atom. The van der Waals surface area contributed by atoms with Gasteiger partial charge < -0.3 is 10.0 Å². The van der Waals surface area contributed by atoms with Gasteiger partial charge in [0.25, 0.3) is 5.91 Å². The average Bonchev–Trinajstić information content (AvgIpc) is 2.32. The number of nitrogens with zero attached hydrogens (tertiary/aromatic N) is 1. The number of carboxylic acids is 1. The van der Waals surface area contributed by atoms with E-state index in [4.69, 9.17) is 5.11 Å². The molecular weight excluding hydrogens is 287 g/mol. The first kappa shape index (κ1) is 16.7. The molecule has 0 aliphatic rings. The molecule has 0 heterocycles. The maximum absolute atomic E-state index is 12.3. The molecule has 0 radical (unpaired) electrons. The summed E-state index contributed by atoms with van der Waals surface area (Å²) >= 11 is 0. The van der Waals surface area contributed by atoms with E-state index in [-0.39, 0.29) is 5.56 Å². The standard InChI is InChI=1S/C14H14F3NO3/c1-9-5-10(3-4-12(19)20)7-11(6-9)13(21)18(2)8-14(15,16)17/h3-7H,8H2,1-2H3,(H,19,20)/b4-3+. The fraction of sp³-hybridized carbons (Fsp3) is 0.286. The highest BCUT2D eigenvalue weighted by atomic mass is 19.4. The molecule has 0 fully saturated rings. The van der Waals surface area contributed by atoms with Crippen LogP contribution in [0.1, 0.15) is 21.5 Å². The number of rotatable bonds is 4. The fourth-order valence-corrected chi connectivity index (χ4v) is 1.76. The third-order valence-electron chi connectivity index (χ3n) is 2.53. The molecule has 4 nitrogen and oxygen atoms in total. The predicted octanol–water partition coefficient (Wildman–Crippen LogP) is 2.73. The summed E-state index contributed by atoms with van der Waals surface area (Å²) in [6.07, 6.45) is -2.31. The van der Waals surface area contributed by atoms with Gasteiger partial charge in [-0.05, 0) is 36.3 Å². The van der Waals surface area contributed by atoms with Gasteiger partial charge in [0.1, 0.15) is 6.54 Å². The molecule has 0 aromatic heterocycles. The Labute approximate surface area is 119 Å². The first-order valence-corrected chi connectivity index (χ1v) is 5.93. The number of halogens is 3. The second-order valence-electron chi connectivity index (χ2n) is 4.58. The summed E-state index contributed by atoms with van der Waals surface area (Å²) in [5.74, 6) is -1.93.